The largest absolute Gasteiger partial charge is 0.466 e. The number of nitrogens with one attached hydrogen (secondary N) is 2. The highest BCUT2D eigenvalue weighted by Crippen LogP contribution is 2.30. The molecule has 2 heterocycles. The summed E-state index contributed by atoms with van der Waals surface area (Å²) in [5.74, 6) is -0.409. The number of furan rings is 1. The molecule has 0 radical (unpaired) electrons. The highest BCUT2D eigenvalue weighted by Gasteiger charge is 2.51. The maximum Gasteiger partial charge on any atom is 0.325 e. The van der Waals surface area contributed by atoms with E-state index in [-0.39, 0.29) is 12.5 Å². The maximum atomic E-state index is 12.8. The van der Waals surface area contributed by atoms with Crippen LogP contribution in [0.25, 0.3) is 0 Å². The van der Waals surface area contributed by atoms with Gasteiger partial charge in [0.25, 0.3) is 5.91 Å². The summed E-state index contributed by atoms with van der Waals surface area (Å²) in [6.07, 6.45) is 1.43. The molecule has 4 amide bonds. The zero-order valence-corrected chi connectivity index (χ0v) is 15.8. The first-order chi connectivity index (χ1) is 12.7. The third-order valence-electron chi connectivity index (χ3n) is 4.78. The second-order valence-corrected chi connectivity index (χ2v) is 7.17. The van der Waals surface area contributed by atoms with Crippen molar-refractivity contribution >= 4 is 23.5 Å². The summed E-state index contributed by atoms with van der Waals surface area (Å²) >= 11 is 0. The van der Waals surface area contributed by atoms with E-state index < -0.39 is 23.4 Å². The molecule has 27 heavy (non-hydrogen) atoms. The fourth-order valence-corrected chi connectivity index (χ4v) is 3.24. The van der Waals surface area contributed by atoms with Gasteiger partial charge in [-0.15, -0.1) is 0 Å². The second-order valence-electron chi connectivity index (χ2n) is 7.17. The van der Waals surface area contributed by atoms with Crippen LogP contribution >= 0.6 is 0 Å². The lowest BCUT2D eigenvalue weighted by molar-refractivity contribution is -0.134. The molecule has 1 aliphatic heterocycles. The molecule has 1 aromatic carbocycles. The van der Waals surface area contributed by atoms with Gasteiger partial charge in [0.05, 0.1) is 6.26 Å². The first-order valence-corrected chi connectivity index (χ1v) is 8.81. The summed E-state index contributed by atoms with van der Waals surface area (Å²) in [6.45, 7) is 7.17. The van der Waals surface area contributed by atoms with Crippen LogP contribution in [0.4, 0.5) is 10.5 Å². The van der Waals surface area contributed by atoms with Crippen molar-refractivity contribution in [2.75, 3.05) is 11.9 Å². The van der Waals surface area contributed by atoms with Crippen molar-refractivity contribution < 1.29 is 18.8 Å². The molecular formula is C20H23N3O4. The number of amides is 4. The third kappa shape index (κ3) is 3.32. The van der Waals surface area contributed by atoms with Gasteiger partial charge in [0.15, 0.2) is 5.54 Å². The highest BCUT2D eigenvalue weighted by molar-refractivity contribution is 6.10. The Balaban J connectivity index is 1.78. The predicted octanol–water partition coefficient (Wildman–Crippen LogP) is 3.12. The number of aryl methyl sites for hydroxylation is 1. The fraction of sp³-hybridized carbons (Fsp3) is 0.350. The van der Waals surface area contributed by atoms with Crippen LogP contribution in [0.2, 0.25) is 0 Å². The fourth-order valence-electron chi connectivity index (χ4n) is 3.24. The molecule has 1 fully saturated rings. The number of carbonyl (C=O) groups excluding carboxylic acids is 3. The molecule has 0 aliphatic carbocycles. The van der Waals surface area contributed by atoms with Crippen molar-refractivity contribution in [3.63, 3.8) is 0 Å². The van der Waals surface area contributed by atoms with Crippen LogP contribution in [-0.4, -0.2) is 29.3 Å². The van der Waals surface area contributed by atoms with E-state index in [1.165, 1.54) is 6.26 Å². The number of carbonyl (C=O) groups is 3. The van der Waals surface area contributed by atoms with Crippen LogP contribution in [0.5, 0.6) is 0 Å². The monoisotopic (exact) mass is 369 g/mol. The van der Waals surface area contributed by atoms with E-state index in [1.807, 2.05) is 39.0 Å². The minimum Gasteiger partial charge on any atom is -0.466 e. The van der Waals surface area contributed by atoms with E-state index in [2.05, 4.69) is 10.6 Å². The van der Waals surface area contributed by atoms with Gasteiger partial charge < -0.3 is 15.1 Å². The topological polar surface area (TPSA) is 91.7 Å². The van der Waals surface area contributed by atoms with Gasteiger partial charge in [0, 0.05) is 5.69 Å². The van der Waals surface area contributed by atoms with Crippen molar-refractivity contribution in [1.82, 2.24) is 10.2 Å². The van der Waals surface area contributed by atoms with Crippen LogP contribution in [0.15, 0.2) is 41.0 Å². The van der Waals surface area contributed by atoms with Gasteiger partial charge in [-0.1, -0.05) is 32.0 Å². The molecule has 0 bridgehead atoms. The normalized spacial score (nSPS) is 19.5. The van der Waals surface area contributed by atoms with Gasteiger partial charge in [-0.2, -0.15) is 0 Å². The Hall–Kier alpha value is -3.09. The smallest absolute Gasteiger partial charge is 0.325 e. The lowest BCUT2D eigenvalue weighted by Crippen LogP contribution is -2.42. The molecule has 1 unspecified atom stereocenters. The van der Waals surface area contributed by atoms with E-state index in [1.54, 1.807) is 19.1 Å². The summed E-state index contributed by atoms with van der Waals surface area (Å²) in [4.78, 5) is 38.6. The third-order valence-corrected chi connectivity index (χ3v) is 4.78. The van der Waals surface area contributed by atoms with Crippen molar-refractivity contribution in [3.05, 3.63) is 53.5 Å². The molecule has 2 aromatic rings. The zero-order chi connectivity index (χ0) is 19.8. The molecule has 0 saturated carbocycles. The number of urea groups is 1. The molecule has 142 valence electrons. The van der Waals surface area contributed by atoms with Crippen LogP contribution < -0.4 is 10.6 Å². The quantitative estimate of drug-likeness (QED) is 0.792. The van der Waals surface area contributed by atoms with Crippen LogP contribution in [0.1, 0.15) is 43.6 Å². The molecule has 1 aromatic heterocycles. The van der Waals surface area contributed by atoms with Crippen molar-refractivity contribution in [1.29, 1.82) is 0 Å². The summed E-state index contributed by atoms with van der Waals surface area (Å²) in [5, 5.41) is 5.46. The number of para-hydroxylation sites is 1. The Morgan fingerprint density at radius 3 is 2.63 bits per heavy atom. The minimum absolute atomic E-state index is 0.221. The summed E-state index contributed by atoms with van der Waals surface area (Å²) in [7, 11) is 0. The van der Waals surface area contributed by atoms with Gasteiger partial charge in [-0.05, 0) is 43.0 Å². The van der Waals surface area contributed by atoms with Gasteiger partial charge in [0.2, 0.25) is 5.91 Å². The van der Waals surface area contributed by atoms with Crippen LogP contribution in [-0.2, 0) is 15.1 Å². The van der Waals surface area contributed by atoms with Crippen molar-refractivity contribution in [2.24, 2.45) is 0 Å². The molecule has 0 spiro atoms. The Morgan fingerprint density at radius 2 is 2.00 bits per heavy atom. The van der Waals surface area contributed by atoms with E-state index >= 15 is 0 Å². The molecule has 2 N–H and O–H groups in total. The summed E-state index contributed by atoms with van der Waals surface area (Å²) in [6, 6.07) is 8.43. The molecular weight excluding hydrogens is 346 g/mol. The first-order valence-electron chi connectivity index (χ1n) is 8.81. The highest BCUT2D eigenvalue weighted by atomic mass is 16.3. The summed E-state index contributed by atoms with van der Waals surface area (Å²) in [5.41, 5.74) is 1.33. The van der Waals surface area contributed by atoms with E-state index in [0.29, 0.717) is 5.76 Å². The lowest BCUT2D eigenvalue weighted by atomic mass is 9.98. The number of imide groups is 1. The SMILES string of the molecule is Cc1cccc(C(C)C)c1NC(=O)CN1C(=O)NC(C)(c2ccco2)C1=O. The molecule has 7 nitrogen and oxygen atoms in total. The average Bonchev–Trinajstić information content (AvgIpc) is 3.21. The number of hydrogen-bond acceptors (Lipinski definition) is 4. The lowest BCUT2D eigenvalue weighted by Gasteiger charge is -2.20. The predicted molar refractivity (Wildman–Crippen MR) is 100 cm³/mol. The van der Waals surface area contributed by atoms with Crippen molar-refractivity contribution in [3.8, 4) is 0 Å². The van der Waals surface area contributed by atoms with Gasteiger partial charge in [0.1, 0.15) is 12.3 Å². The first kappa shape index (κ1) is 18.7. The maximum absolute atomic E-state index is 12.8. The number of nitrogens with zero attached hydrogens (tertiary/aromatic N) is 1. The minimum atomic E-state index is -1.31. The number of rotatable bonds is 5. The van der Waals surface area contributed by atoms with Gasteiger partial charge in [-0.3, -0.25) is 14.5 Å². The Labute approximate surface area is 157 Å². The Kier molecular flexibility index (Phi) is 4.78. The molecule has 1 atom stereocenters. The second kappa shape index (κ2) is 6.90. The van der Waals surface area contributed by atoms with Crippen LogP contribution in [0, 0.1) is 6.92 Å². The standard InChI is InChI=1S/C20H23N3O4/c1-12(2)14-8-5-7-13(3)17(14)21-16(24)11-23-18(25)20(4,22-19(23)26)15-9-6-10-27-15/h5-10,12H,11H2,1-4H3,(H,21,24)(H,22,26). The van der Waals surface area contributed by atoms with E-state index in [0.717, 1.165) is 21.7 Å². The molecule has 3 rings (SSSR count). The molecule has 7 heteroatoms. The average molecular weight is 369 g/mol. The van der Waals surface area contributed by atoms with Gasteiger partial charge >= 0.3 is 6.03 Å². The van der Waals surface area contributed by atoms with Crippen LogP contribution in [0.3, 0.4) is 0 Å². The number of anilines is 1. The van der Waals surface area contributed by atoms with E-state index in [4.69, 9.17) is 4.42 Å². The number of hydrogen-bond donors (Lipinski definition) is 2. The molecule has 1 aliphatic rings. The van der Waals surface area contributed by atoms with Gasteiger partial charge in [-0.25, -0.2) is 4.79 Å². The number of benzene rings is 1. The Bertz CT molecular complexity index is 889. The zero-order valence-electron chi connectivity index (χ0n) is 15.8. The van der Waals surface area contributed by atoms with E-state index in [9.17, 15) is 14.4 Å². The van der Waals surface area contributed by atoms with Crippen molar-refractivity contribution in [2.45, 2.75) is 39.2 Å². The molecule has 1 saturated heterocycles. The Morgan fingerprint density at radius 1 is 1.26 bits per heavy atom. The summed E-state index contributed by atoms with van der Waals surface area (Å²) < 4.78 is 5.28.